The van der Waals surface area contributed by atoms with Gasteiger partial charge < -0.3 is 9.64 Å². The fourth-order valence-electron chi connectivity index (χ4n) is 4.55. The van der Waals surface area contributed by atoms with E-state index in [1.807, 2.05) is 35.2 Å². The standard InChI is InChI=1S/C23H26BrN3O4/c24-20-6-4-19(5-7-20)23(8-14-31-15-9-23)22(28)26-12-10-25(11-13-26)17-18-2-1-3-21(16-18)27(29)30/h1-7,16H,8-15,17H2. The Balaban J connectivity index is 1.43. The average molecular weight is 488 g/mol. The van der Waals surface area contributed by atoms with Gasteiger partial charge in [0.05, 0.1) is 10.3 Å². The summed E-state index contributed by atoms with van der Waals surface area (Å²) in [6, 6.07) is 14.9. The minimum Gasteiger partial charge on any atom is -0.381 e. The molecule has 0 bridgehead atoms. The third-order valence-electron chi connectivity index (χ3n) is 6.34. The Morgan fingerprint density at radius 3 is 2.39 bits per heavy atom. The lowest BCUT2D eigenvalue weighted by atomic mass is 9.73. The summed E-state index contributed by atoms with van der Waals surface area (Å²) in [6.07, 6.45) is 1.39. The molecule has 0 aromatic heterocycles. The van der Waals surface area contributed by atoms with E-state index in [4.69, 9.17) is 4.74 Å². The van der Waals surface area contributed by atoms with Crippen LogP contribution in [-0.4, -0.2) is 60.0 Å². The second-order valence-electron chi connectivity index (χ2n) is 8.20. The maximum atomic E-state index is 13.7. The zero-order valence-corrected chi connectivity index (χ0v) is 18.9. The van der Waals surface area contributed by atoms with E-state index < -0.39 is 5.41 Å². The van der Waals surface area contributed by atoms with E-state index in [1.54, 1.807) is 12.1 Å². The van der Waals surface area contributed by atoms with Crippen molar-refractivity contribution in [2.24, 2.45) is 0 Å². The summed E-state index contributed by atoms with van der Waals surface area (Å²) in [7, 11) is 0. The minimum absolute atomic E-state index is 0.113. The van der Waals surface area contributed by atoms with Crippen LogP contribution in [0.2, 0.25) is 0 Å². The highest BCUT2D eigenvalue weighted by Gasteiger charge is 2.44. The van der Waals surface area contributed by atoms with Crippen molar-refractivity contribution in [1.82, 2.24) is 9.80 Å². The van der Waals surface area contributed by atoms with Crippen LogP contribution in [0.1, 0.15) is 24.0 Å². The molecular formula is C23H26BrN3O4. The fraction of sp³-hybridized carbons (Fsp3) is 0.435. The van der Waals surface area contributed by atoms with Crippen molar-refractivity contribution in [3.8, 4) is 0 Å². The summed E-state index contributed by atoms with van der Waals surface area (Å²) in [5, 5.41) is 11.0. The maximum Gasteiger partial charge on any atom is 0.269 e. The van der Waals surface area contributed by atoms with Crippen LogP contribution in [0.25, 0.3) is 0 Å². The smallest absolute Gasteiger partial charge is 0.269 e. The highest BCUT2D eigenvalue weighted by atomic mass is 79.9. The molecule has 0 atom stereocenters. The van der Waals surface area contributed by atoms with Crippen LogP contribution in [-0.2, 0) is 21.5 Å². The van der Waals surface area contributed by atoms with Gasteiger partial charge in [0.15, 0.2) is 0 Å². The van der Waals surface area contributed by atoms with Gasteiger partial charge in [-0.05, 0) is 36.1 Å². The summed E-state index contributed by atoms with van der Waals surface area (Å²) in [5.74, 6) is 0.188. The van der Waals surface area contributed by atoms with Gasteiger partial charge >= 0.3 is 0 Å². The lowest BCUT2D eigenvalue weighted by molar-refractivity contribution is -0.384. The van der Waals surface area contributed by atoms with Crippen molar-refractivity contribution in [3.05, 3.63) is 74.2 Å². The Kier molecular flexibility index (Phi) is 6.69. The molecule has 1 amide bonds. The molecule has 4 rings (SSSR count). The van der Waals surface area contributed by atoms with Crippen LogP contribution >= 0.6 is 15.9 Å². The number of piperazine rings is 1. The molecule has 164 valence electrons. The number of rotatable bonds is 5. The summed E-state index contributed by atoms with van der Waals surface area (Å²) >= 11 is 3.48. The Morgan fingerprint density at radius 2 is 1.74 bits per heavy atom. The molecule has 8 heteroatoms. The quantitative estimate of drug-likeness (QED) is 0.474. The molecule has 2 aliphatic rings. The number of ether oxygens (including phenoxy) is 1. The van der Waals surface area contributed by atoms with Gasteiger partial charge in [0.25, 0.3) is 5.69 Å². The van der Waals surface area contributed by atoms with Crippen LogP contribution in [0.5, 0.6) is 0 Å². The molecule has 0 saturated carbocycles. The first-order chi connectivity index (χ1) is 15.0. The second kappa shape index (κ2) is 9.46. The number of benzene rings is 2. The normalized spacial score (nSPS) is 19.2. The zero-order valence-electron chi connectivity index (χ0n) is 17.3. The van der Waals surface area contributed by atoms with E-state index in [0.717, 1.165) is 28.7 Å². The van der Waals surface area contributed by atoms with Gasteiger partial charge in [0.1, 0.15) is 0 Å². The number of carbonyl (C=O) groups is 1. The maximum absolute atomic E-state index is 13.7. The molecule has 7 nitrogen and oxygen atoms in total. The van der Waals surface area contributed by atoms with E-state index in [2.05, 4.69) is 20.8 Å². The van der Waals surface area contributed by atoms with Gasteiger partial charge in [-0.15, -0.1) is 0 Å². The molecular weight excluding hydrogens is 462 g/mol. The number of halogens is 1. The van der Waals surface area contributed by atoms with Crippen LogP contribution in [0.3, 0.4) is 0 Å². The minimum atomic E-state index is -0.527. The second-order valence-corrected chi connectivity index (χ2v) is 9.11. The van der Waals surface area contributed by atoms with E-state index in [-0.39, 0.29) is 16.5 Å². The van der Waals surface area contributed by atoms with Crippen molar-refractivity contribution in [1.29, 1.82) is 0 Å². The molecule has 2 aliphatic heterocycles. The SMILES string of the molecule is O=C(N1CCN(Cc2cccc([N+](=O)[O-])c2)CC1)C1(c2ccc(Br)cc2)CCOCC1. The summed E-state index contributed by atoms with van der Waals surface area (Å²) in [6.45, 7) is 4.65. The predicted molar refractivity (Wildman–Crippen MR) is 121 cm³/mol. The highest BCUT2D eigenvalue weighted by Crippen LogP contribution is 2.37. The Morgan fingerprint density at radius 1 is 1.06 bits per heavy atom. The van der Waals surface area contributed by atoms with Gasteiger partial charge in [-0.3, -0.25) is 19.8 Å². The number of nitro groups is 1. The first-order valence-corrected chi connectivity index (χ1v) is 11.4. The van der Waals surface area contributed by atoms with E-state index >= 15 is 0 Å². The number of non-ortho nitro benzene ring substituents is 1. The van der Waals surface area contributed by atoms with Crippen LogP contribution < -0.4 is 0 Å². The van der Waals surface area contributed by atoms with Gasteiger partial charge in [-0.25, -0.2) is 0 Å². The molecule has 31 heavy (non-hydrogen) atoms. The summed E-state index contributed by atoms with van der Waals surface area (Å²) in [5.41, 5.74) is 1.57. The molecule has 0 spiro atoms. The van der Waals surface area contributed by atoms with E-state index in [1.165, 1.54) is 6.07 Å². The lowest BCUT2D eigenvalue weighted by Crippen LogP contribution is -2.55. The average Bonchev–Trinajstić information content (AvgIpc) is 2.80. The third kappa shape index (κ3) is 4.81. The summed E-state index contributed by atoms with van der Waals surface area (Å²) < 4.78 is 6.58. The number of hydrogen-bond acceptors (Lipinski definition) is 5. The number of nitro benzene ring substituents is 1. The third-order valence-corrected chi connectivity index (χ3v) is 6.87. The van der Waals surface area contributed by atoms with Crippen LogP contribution in [0, 0.1) is 10.1 Å². The molecule has 2 aromatic carbocycles. The predicted octanol–water partition coefficient (Wildman–Crippen LogP) is 3.75. The van der Waals surface area contributed by atoms with Gasteiger partial charge in [-0.2, -0.15) is 0 Å². The van der Waals surface area contributed by atoms with Gasteiger partial charge in [0, 0.05) is 62.5 Å². The molecule has 0 unspecified atom stereocenters. The van der Waals surface area contributed by atoms with Crippen molar-refractivity contribution < 1.29 is 14.5 Å². The largest absolute Gasteiger partial charge is 0.381 e. The topological polar surface area (TPSA) is 75.9 Å². The van der Waals surface area contributed by atoms with Crippen molar-refractivity contribution in [2.75, 3.05) is 39.4 Å². The zero-order chi connectivity index (χ0) is 21.8. The first-order valence-electron chi connectivity index (χ1n) is 10.6. The molecule has 0 N–H and O–H groups in total. The van der Waals surface area contributed by atoms with E-state index in [0.29, 0.717) is 45.7 Å². The van der Waals surface area contributed by atoms with Crippen LogP contribution in [0.4, 0.5) is 5.69 Å². The molecule has 2 fully saturated rings. The number of nitrogens with zero attached hydrogens (tertiary/aromatic N) is 3. The molecule has 2 saturated heterocycles. The molecule has 0 aliphatic carbocycles. The number of carbonyl (C=O) groups excluding carboxylic acids is 1. The van der Waals surface area contributed by atoms with Gasteiger partial charge in [-0.1, -0.05) is 40.2 Å². The summed E-state index contributed by atoms with van der Waals surface area (Å²) in [4.78, 5) is 28.6. The highest BCUT2D eigenvalue weighted by molar-refractivity contribution is 9.10. The monoisotopic (exact) mass is 487 g/mol. The van der Waals surface area contributed by atoms with E-state index in [9.17, 15) is 14.9 Å². The number of hydrogen-bond donors (Lipinski definition) is 0. The first kappa shape index (κ1) is 21.9. The lowest BCUT2D eigenvalue weighted by Gasteiger charge is -2.43. The Bertz CT molecular complexity index is 936. The Hall–Kier alpha value is -2.29. The molecule has 2 aromatic rings. The van der Waals surface area contributed by atoms with Crippen molar-refractivity contribution in [2.45, 2.75) is 24.8 Å². The van der Waals surface area contributed by atoms with Gasteiger partial charge in [0.2, 0.25) is 5.91 Å². The molecule has 2 heterocycles. The fourth-order valence-corrected chi connectivity index (χ4v) is 4.82. The molecule has 0 radical (unpaired) electrons. The van der Waals surface area contributed by atoms with Crippen LogP contribution in [0.15, 0.2) is 53.0 Å². The number of amides is 1. The van der Waals surface area contributed by atoms with Crippen molar-refractivity contribution >= 4 is 27.5 Å². The Labute approximate surface area is 190 Å². The van der Waals surface area contributed by atoms with Crippen molar-refractivity contribution in [3.63, 3.8) is 0 Å².